The quantitative estimate of drug-likeness (QED) is 0.0322. The summed E-state index contributed by atoms with van der Waals surface area (Å²) in [7, 11) is 0. The monoisotopic (exact) mass is 1310 g/mol. The summed E-state index contributed by atoms with van der Waals surface area (Å²) in [4.78, 5) is 52.5. The Morgan fingerprint density at radius 1 is 0.620 bits per heavy atom. The summed E-state index contributed by atoms with van der Waals surface area (Å²) in [6.45, 7) is 22.4. The first-order valence-corrected chi connectivity index (χ1v) is 32.6. The van der Waals surface area contributed by atoms with E-state index in [2.05, 4.69) is 26.8 Å². The van der Waals surface area contributed by atoms with Crippen molar-refractivity contribution >= 4 is 23.9 Å². The molecule has 0 radical (unpaired) electrons. The molecule has 5 aliphatic carbocycles. The zero-order valence-electron chi connectivity index (χ0n) is 55.1. The molecule has 4 saturated carbocycles. The van der Waals surface area contributed by atoms with Crippen LogP contribution in [0.4, 0.5) is 0 Å². The molecule has 4 aliphatic heterocycles. The van der Waals surface area contributed by atoms with Crippen LogP contribution in [0.5, 0.6) is 0 Å². The number of fused-ring (bicyclic) bond motifs is 7. The lowest BCUT2D eigenvalue weighted by Gasteiger charge is -2.73. The van der Waals surface area contributed by atoms with Crippen LogP contribution < -0.4 is 0 Å². The van der Waals surface area contributed by atoms with Crippen LogP contribution in [0.3, 0.4) is 0 Å². The Hall–Kier alpha value is -3.62. The molecule has 4 heterocycles. The number of carbonyl (C=O) groups excluding carboxylic acids is 3. The summed E-state index contributed by atoms with van der Waals surface area (Å²) < 4.78 is 60.9. The van der Waals surface area contributed by atoms with Crippen molar-refractivity contribution in [1.29, 1.82) is 0 Å². The molecule has 26 nitrogen and oxygen atoms in total. The number of allylic oxidation sites excluding steroid dienone is 4. The van der Waals surface area contributed by atoms with E-state index in [0.717, 1.165) is 5.57 Å². The van der Waals surface area contributed by atoms with Crippen molar-refractivity contribution in [2.45, 2.75) is 276 Å². The number of hydrogen-bond donors (Lipinski definition) is 12. The molecule has 0 aromatic rings. The number of ether oxygens (including phenoxy) is 10. The predicted octanol–water partition coefficient (Wildman–Crippen LogP) is 1.38. The Morgan fingerprint density at radius 3 is 1.75 bits per heavy atom. The maximum absolute atomic E-state index is 13.4. The molecule has 8 fully saturated rings. The van der Waals surface area contributed by atoms with Crippen molar-refractivity contribution in [3.8, 4) is 0 Å². The molecule has 0 amide bonds. The second kappa shape index (κ2) is 27.0. The van der Waals surface area contributed by atoms with E-state index in [0.29, 0.717) is 44.1 Å². The van der Waals surface area contributed by atoms with E-state index in [1.807, 2.05) is 27.7 Å². The second-order valence-corrected chi connectivity index (χ2v) is 29.8. The zero-order chi connectivity index (χ0) is 68.0. The van der Waals surface area contributed by atoms with Crippen LogP contribution >= 0.6 is 0 Å². The van der Waals surface area contributed by atoms with Crippen molar-refractivity contribution in [2.24, 2.45) is 56.2 Å². The number of aliphatic carboxylic acids is 1. The SMILES string of the molecule is C/C=C(/C)C(=O)O[C@@H]1C(O)[C@H](C[C@H]2[C@H](O)[C@@]3(COC(C)=O)C(CC2(C)C)C2=CCC4[C@@]5(C)CC[C@H](O[C@@H]6OC(C(=O)O)[C@H](O)[C@H](O[C@@H]7O[C@H](CO)C(O)[C@@H]7O)C6O[C@@H]6OC(CO)[C@H](O)[C@H](O)C6O)C(C)(C)C5CC[C@@]4(C)[C@]2(C)C[C@H]3O)OC(C)[C@@H]1OC(=O)/C(C)=C\C. The predicted molar refractivity (Wildman–Crippen MR) is 319 cm³/mol. The minimum atomic E-state index is -2.13. The fourth-order valence-electron chi connectivity index (χ4n) is 18.5. The lowest BCUT2D eigenvalue weighted by atomic mass is 9.32. The fraction of sp³-hybridized carbons (Fsp3) is 0.848. The Balaban J connectivity index is 1.01. The minimum Gasteiger partial charge on any atom is -0.479 e. The van der Waals surface area contributed by atoms with Gasteiger partial charge in [0.1, 0.15) is 73.8 Å². The first-order chi connectivity index (χ1) is 42.9. The molecule has 9 aliphatic rings. The molecule has 12 N–H and O–H groups in total. The van der Waals surface area contributed by atoms with Crippen LogP contribution in [0.15, 0.2) is 34.9 Å². The van der Waals surface area contributed by atoms with E-state index < -0.39 is 216 Å². The molecule has 0 spiro atoms. The third-order valence-corrected chi connectivity index (χ3v) is 24.3. The molecule has 9 rings (SSSR count). The van der Waals surface area contributed by atoms with Crippen molar-refractivity contribution in [1.82, 2.24) is 0 Å². The number of aliphatic hydroxyl groups is 11. The molecular weight excluding hydrogens is 1210 g/mol. The fourth-order valence-corrected chi connectivity index (χ4v) is 18.5. The van der Waals surface area contributed by atoms with Gasteiger partial charge in [0, 0.05) is 18.1 Å². The topological polar surface area (TPSA) is 403 Å². The highest BCUT2D eigenvalue weighted by atomic mass is 16.8. The average molecular weight is 1310 g/mol. The molecule has 26 heteroatoms. The van der Waals surface area contributed by atoms with Crippen molar-refractivity contribution < 1.29 is 128 Å². The molecule has 30 atom stereocenters. The Kier molecular flexibility index (Phi) is 21.3. The van der Waals surface area contributed by atoms with Crippen molar-refractivity contribution in [3.63, 3.8) is 0 Å². The number of aliphatic hydroxyl groups excluding tert-OH is 11. The zero-order valence-corrected chi connectivity index (χ0v) is 55.1. The largest absolute Gasteiger partial charge is 0.479 e. The highest BCUT2D eigenvalue weighted by molar-refractivity contribution is 5.88. The number of rotatable bonds is 17. The van der Waals surface area contributed by atoms with E-state index in [9.17, 15) is 80.5 Å². The second-order valence-electron chi connectivity index (χ2n) is 29.8. The minimum absolute atomic E-state index is 0.00805. The van der Waals surface area contributed by atoms with E-state index >= 15 is 0 Å². The van der Waals surface area contributed by atoms with Crippen LogP contribution in [0.1, 0.15) is 141 Å². The third-order valence-electron chi connectivity index (χ3n) is 24.3. The van der Waals surface area contributed by atoms with Crippen LogP contribution in [0.2, 0.25) is 0 Å². The van der Waals surface area contributed by atoms with Crippen LogP contribution in [0.25, 0.3) is 0 Å². The van der Waals surface area contributed by atoms with Gasteiger partial charge < -0.3 is 109 Å². The molecular formula is C66H102O26. The summed E-state index contributed by atoms with van der Waals surface area (Å²) in [5, 5.41) is 135. The van der Waals surface area contributed by atoms with Gasteiger partial charge in [-0.05, 0) is 137 Å². The summed E-state index contributed by atoms with van der Waals surface area (Å²) in [6, 6.07) is 0. The average Bonchev–Trinajstić information content (AvgIpc) is 0.773. The molecule has 522 valence electrons. The summed E-state index contributed by atoms with van der Waals surface area (Å²) in [5.41, 5.74) is -2.96. The highest BCUT2D eigenvalue weighted by Gasteiger charge is 2.73. The van der Waals surface area contributed by atoms with Gasteiger partial charge in [-0.15, -0.1) is 0 Å². The number of carboxylic acids is 1. The maximum Gasteiger partial charge on any atom is 0.335 e. The van der Waals surface area contributed by atoms with E-state index in [-0.39, 0.29) is 36.9 Å². The van der Waals surface area contributed by atoms with E-state index in [1.165, 1.54) is 6.92 Å². The first kappa shape index (κ1) is 72.6. The molecule has 0 aromatic carbocycles. The lowest BCUT2D eigenvalue weighted by Crippen LogP contribution is -2.71. The summed E-state index contributed by atoms with van der Waals surface area (Å²) in [6.07, 6.45) is -26.0. The van der Waals surface area contributed by atoms with E-state index in [1.54, 1.807) is 46.8 Å². The smallest absolute Gasteiger partial charge is 0.335 e. The Labute approximate surface area is 537 Å². The Bertz CT molecular complexity index is 2790. The highest BCUT2D eigenvalue weighted by Crippen LogP contribution is 2.76. The Morgan fingerprint density at radius 2 is 1.18 bits per heavy atom. The summed E-state index contributed by atoms with van der Waals surface area (Å²) >= 11 is 0. The van der Waals surface area contributed by atoms with Gasteiger partial charge >= 0.3 is 23.9 Å². The lowest BCUT2D eigenvalue weighted by molar-refractivity contribution is -0.386. The normalized spacial score (nSPS) is 48.4. The van der Waals surface area contributed by atoms with Gasteiger partial charge in [0.25, 0.3) is 0 Å². The molecule has 4 saturated heterocycles. The maximum atomic E-state index is 13.4. The van der Waals surface area contributed by atoms with Gasteiger partial charge in [0.15, 0.2) is 37.2 Å². The first-order valence-electron chi connectivity index (χ1n) is 32.6. The molecule has 92 heavy (non-hydrogen) atoms. The van der Waals surface area contributed by atoms with Gasteiger partial charge in [0.05, 0.1) is 49.1 Å². The van der Waals surface area contributed by atoms with Crippen LogP contribution in [-0.4, -0.2) is 240 Å². The van der Waals surface area contributed by atoms with Gasteiger partial charge in [-0.1, -0.05) is 72.3 Å². The van der Waals surface area contributed by atoms with Gasteiger partial charge in [-0.25, -0.2) is 14.4 Å². The standard InChI is InChI=1S/C66H102O26/c1-14-28(3)56(81)88-49-30(5)84-35(44(73)50(49)89-57(82)29(4)15-2)22-33-54(78)66(27-83-31(6)69)34(23-61(33,7)8)32-16-17-39-63(11)20-19-41(62(9,10)38(63)18-21-64(39,12)65(32,13)24-40(66)70)87-60-53(92-59-47(76)45(74)42(71)36(25-67)85-59)51(48(77)52(91-60)55(79)80)90-58-46(75)43(72)37(26-68)86-58/h14-16,30,33-54,58-60,67-68,70-78H,17-27H2,1-13H3,(H,79,80)/b28-14-,29-15-/t30?,33-,34?,35-,36?,37+,38?,39?,40+,41-,42-,43?,44?,45-,46-,47?,48+,49-,50+,51-,52?,53?,54-,58-,59-,60+,63-,64+,65+,66-/m0/s1. The number of carboxylic acid groups (broad SMARTS) is 1. The summed E-state index contributed by atoms with van der Waals surface area (Å²) in [5.74, 6) is -5.01. The number of esters is 3. The third kappa shape index (κ3) is 12.3. The van der Waals surface area contributed by atoms with E-state index in [4.69, 9.17) is 47.4 Å². The van der Waals surface area contributed by atoms with Gasteiger partial charge in [0.2, 0.25) is 0 Å². The van der Waals surface area contributed by atoms with Crippen LogP contribution in [0, 0.1) is 56.2 Å². The number of hydrogen-bond acceptors (Lipinski definition) is 25. The van der Waals surface area contributed by atoms with Crippen LogP contribution in [-0.2, 0) is 66.5 Å². The van der Waals surface area contributed by atoms with Gasteiger partial charge in [-0.2, -0.15) is 0 Å². The molecule has 10 unspecified atom stereocenters. The van der Waals surface area contributed by atoms with Crippen molar-refractivity contribution in [2.75, 3.05) is 19.8 Å². The molecule has 0 bridgehead atoms. The van der Waals surface area contributed by atoms with Gasteiger partial charge in [-0.3, -0.25) is 4.79 Å². The molecule has 0 aromatic heterocycles. The number of carbonyl (C=O) groups is 4. The van der Waals surface area contributed by atoms with Crippen molar-refractivity contribution in [3.05, 3.63) is 34.9 Å².